The van der Waals surface area contributed by atoms with E-state index in [1.165, 1.54) is 0 Å². The molecule has 1 saturated carbocycles. The number of hydrogen-bond donors (Lipinski definition) is 2. The minimum Gasteiger partial charge on any atom is -0.478 e. The summed E-state index contributed by atoms with van der Waals surface area (Å²) in [4.78, 5) is 16.6. The van der Waals surface area contributed by atoms with Gasteiger partial charge in [0.1, 0.15) is 0 Å². The molecule has 1 aliphatic carbocycles. The van der Waals surface area contributed by atoms with Crippen LogP contribution < -0.4 is 15.8 Å². The molecule has 1 aromatic rings. The van der Waals surface area contributed by atoms with Gasteiger partial charge >= 0.3 is 0 Å². The maximum atomic E-state index is 12.2. The number of ether oxygens (including phenoxy) is 1. The van der Waals surface area contributed by atoms with E-state index < -0.39 is 5.41 Å². The molecule has 0 unspecified atom stereocenters. The number of aromatic nitrogens is 1. The van der Waals surface area contributed by atoms with Crippen molar-refractivity contribution < 1.29 is 9.53 Å². The van der Waals surface area contributed by atoms with Crippen LogP contribution in [0.5, 0.6) is 5.88 Å². The molecule has 1 aliphatic rings. The summed E-state index contributed by atoms with van der Waals surface area (Å²) >= 11 is 5.01. The van der Waals surface area contributed by atoms with Gasteiger partial charge in [-0.3, -0.25) is 4.79 Å². The molecule has 1 aromatic heterocycles. The Hall–Kier alpha value is -1.69. The quantitative estimate of drug-likeness (QED) is 0.805. The molecule has 1 fully saturated rings. The third-order valence-electron chi connectivity index (χ3n) is 3.40. The Kier molecular flexibility index (Phi) is 3.99. The third kappa shape index (κ3) is 2.68. The van der Waals surface area contributed by atoms with Crippen LogP contribution in [0.1, 0.15) is 26.2 Å². The molecule has 0 saturated heterocycles. The second-order valence-electron chi connectivity index (χ2n) is 4.57. The minimum atomic E-state index is -0.673. The summed E-state index contributed by atoms with van der Waals surface area (Å²) in [6, 6.07) is 3.47. The number of pyridine rings is 1. The van der Waals surface area contributed by atoms with E-state index in [2.05, 4.69) is 10.3 Å². The van der Waals surface area contributed by atoms with Crippen molar-refractivity contribution in [2.75, 3.05) is 11.9 Å². The molecule has 0 aliphatic heterocycles. The molecule has 0 bridgehead atoms. The molecule has 0 aromatic carbocycles. The number of nitrogens with one attached hydrogen (secondary N) is 1. The molecule has 102 valence electrons. The van der Waals surface area contributed by atoms with Gasteiger partial charge in [-0.05, 0) is 25.8 Å². The molecule has 3 N–H and O–H groups in total. The summed E-state index contributed by atoms with van der Waals surface area (Å²) in [5.41, 5.74) is 5.63. The Labute approximate surface area is 117 Å². The van der Waals surface area contributed by atoms with Gasteiger partial charge in [-0.1, -0.05) is 18.6 Å². The summed E-state index contributed by atoms with van der Waals surface area (Å²) in [5.74, 6) is 0.394. The maximum Gasteiger partial charge on any atom is 0.237 e. The topological polar surface area (TPSA) is 77.2 Å². The van der Waals surface area contributed by atoms with E-state index in [-0.39, 0.29) is 10.9 Å². The van der Waals surface area contributed by atoms with Gasteiger partial charge in [-0.25, -0.2) is 4.98 Å². The van der Waals surface area contributed by atoms with E-state index >= 15 is 0 Å². The second kappa shape index (κ2) is 5.52. The van der Waals surface area contributed by atoms with Gasteiger partial charge in [-0.2, -0.15) is 0 Å². The van der Waals surface area contributed by atoms with Crippen LogP contribution in [0.2, 0.25) is 0 Å². The molecule has 0 spiro atoms. The Bertz CT molecular complexity index is 483. The number of thiocarbonyl (C=S) groups is 1. The summed E-state index contributed by atoms with van der Waals surface area (Å²) < 4.78 is 5.24. The highest BCUT2D eigenvalue weighted by molar-refractivity contribution is 7.80. The standard InChI is InChI=1S/C13H17N3O2S/c1-2-18-10-5-4-9(8-15-10)16-12(17)13(11(14)19)6-3-7-13/h4-5,8H,2-3,6-7H2,1H3,(H2,14,19)(H,16,17). The summed E-state index contributed by atoms with van der Waals surface area (Å²) in [5, 5.41) is 2.81. The number of carbonyl (C=O) groups excluding carboxylic acids is 1. The first kappa shape index (κ1) is 13.7. The zero-order valence-corrected chi connectivity index (χ0v) is 11.6. The number of amides is 1. The minimum absolute atomic E-state index is 0.141. The number of carbonyl (C=O) groups is 1. The smallest absolute Gasteiger partial charge is 0.237 e. The zero-order chi connectivity index (χ0) is 13.9. The van der Waals surface area contributed by atoms with Crippen molar-refractivity contribution in [1.82, 2.24) is 4.98 Å². The maximum absolute atomic E-state index is 12.2. The fourth-order valence-electron chi connectivity index (χ4n) is 2.05. The molecule has 2 rings (SSSR count). The van der Waals surface area contributed by atoms with Crippen LogP contribution in [0.4, 0.5) is 5.69 Å². The van der Waals surface area contributed by atoms with Gasteiger partial charge < -0.3 is 15.8 Å². The Morgan fingerprint density at radius 2 is 2.32 bits per heavy atom. The predicted molar refractivity (Wildman–Crippen MR) is 77.1 cm³/mol. The number of nitrogens with two attached hydrogens (primary N) is 1. The number of anilines is 1. The molecule has 6 heteroatoms. The SMILES string of the molecule is CCOc1ccc(NC(=O)C2(C(N)=S)CCC2)cn1. The van der Waals surface area contributed by atoms with Gasteiger partial charge in [-0.15, -0.1) is 0 Å². The van der Waals surface area contributed by atoms with Crippen LogP contribution in [0.15, 0.2) is 18.3 Å². The van der Waals surface area contributed by atoms with E-state index in [1.807, 2.05) is 6.92 Å². The predicted octanol–water partition coefficient (Wildman–Crippen LogP) is 1.88. The van der Waals surface area contributed by atoms with Crippen molar-refractivity contribution in [3.63, 3.8) is 0 Å². The lowest BCUT2D eigenvalue weighted by atomic mass is 9.68. The van der Waals surface area contributed by atoms with E-state index in [4.69, 9.17) is 22.7 Å². The van der Waals surface area contributed by atoms with E-state index in [9.17, 15) is 4.79 Å². The molecule has 1 amide bonds. The summed E-state index contributed by atoms with van der Waals surface area (Å²) in [6.07, 6.45) is 3.98. The summed E-state index contributed by atoms with van der Waals surface area (Å²) in [7, 11) is 0. The Balaban J connectivity index is 2.04. The number of rotatable bonds is 5. The average molecular weight is 279 g/mol. The molecule has 0 atom stereocenters. The van der Waals surface area contributed by atoms with Gasteiger partial charge in [0.25, 0.3) is 0 Å². The monoisotopic (exact) mass is 279 g/mol. The normalized spacial score (nSPS) is 16.3. The first-order valence-electron chi connectivity index (χ1n) is 6.29. The Morgan fingerprint density at radius 3 is 2.74 bits per heavy atom. The van der Waals surface area contributed by atoms with Crippen molar-refractivity contribution in [2.45, 2.75) is 26.2 Å². The fraction of sp³-hybridized carbons (Fsp3) is 0.462. The number of hydrogen-bond acceptors (Lipinski definition) is 4. The first-order valence-corrected chi connectivity index (χ1v) is 6.69. The lowest BCUT2D eigenvalue weighted by molar-refractivity contribution is -0.125. The van der Waals surface area contributed by atoms with Gasteiger partial charge in [0, 0.05) is 6.07 Å². The van der Waals surface area contributed by atoms with Crippen LogP contribution in [0.3, 0.4) is 0 Å². The molecule has 5 nitrogen and oxygen atoms in total. The van der Waals surface area contributed by atoms with Crippen LogP contribution in [0, 0.1) is 5.41 Å². The van der Waals surface area contributed by atoms with Crippen molar-refractivity contribution in [2.24, 2.45) is 11.1 Å². The molecule has 1 heterocycles. The highest BCUT2D eigenvalue weighted by Crippen LogP contribution is 2.42. The van der Waals surface area contributed by atoms with Gasteiger partial charge in [0.15, 0.2) is 0 Å². The largest absolute Gasteiger partial charge is 0.478 e. The van der Waals surface area contributed by atoms with Crippen molar-refractivity contribution in [3.05, 3.63) is 18.3 Å². The van der Waals surface area contributed by atoms with Crippen LogP contribution in [-0.4, -0.2) is 22.5 Å². The zero-order valence-electron chi connectivity index (χ0n) is 10.8. The highest BCUT2D eigenvalue weighted by atomic mass is 32.1. The molecule has 19 heavy (non-hydrogen) atoms. The molecular formula is C13H17N3O2S. The van der Waals surface area contributed by atoms with Crippen LogP contribution >= 0.6 is 12.2 Å². The Morgan fingerprint density at radius 1 is 1.58 bits per heavy atom. The van der Waals surface area contributed by atoms with Gasteiger partial charge in [0.2, 0.25) is 11.8 Å². The molecule has 0 radical (unpaired) electrons. The lowest BCUT2D eigenvalue weighted by Crippen LogP contribution is -2.50. The van der Waals surface area contributed by atoms with E-state index in [0.717, 1.165) is 19.3 Å². The lowest BCUT2D eigenvalue weighted by Gasteiger charge is -2.38. The molecular weight excluding hydrogens is 262 g/mol. The highest BCUT2D eigenvalue weighted by Gasteiger charge is 2.46. The second-order valence-corrected chi connectivity index (χ2v) is 5.01. The fourth-order valence-corrected chi connectivity index (χ4v) is 2.35. The van der Waals surface area contributed by atoms with Crippen molar-refractivity contribution >= 4 is 28.8 Å². The van der Waals surface area contributed by atoms with Crippen LogP contribution in [0.25, 0.3) is 0 Å². The first-order chi connectivity index (χ1) is 9.08. The van der Waals surface area contributed by atoms with E-state index in [1.54, 1.807) is 18.3 Å². The number of nitrogens with zero attached hydrogens (tertiary/aromatic N) is 1. The average Bonchev–Trinajstić information content (AvgIpc) is 2.30. The van der Waals surface area contributed by atoms with Crippen molar-refractivity contribution in [3.8, 4) is 5.88 Å². The summed E-state index contributed by atoms with van der Waals surface area (Å²) in [6.45, 7) is 2.45. The van der Waals surface area contributed by atoms with E-state index in [0.29, 0.717) is 18.2 Å². The van der Waals surface area contributed by atoms with Crippen LogP contribution in [-0.2, 0) is 4.79 Å². The van der Waals surface area contributed by atoms with Crippen molar-refractivity contribution in [1.29, 1.82) is 0 Å². The van der Waals surface area contributed by atoms with Gasteiger partial charge in [0.05, 0.1) is 28.9 Å². The third-order valence-corrected chi connectivity index (χ3v) is 3.79.